The van der Waals surface area contributed by atoms with E-state index in [1.165, 1.54) is 0 Å². The highest BCUT2D eigenvalue weighted by Gasteiger charge is 2.27. The van der Waals surface area contributed by atoms with Crippen LogP contribution in [0.3, 0.4) is 0 Å². The number of para-hydroxylation sites is 2. The Balaban J connectivity index is 1.40. The number of nitrogens with one attached hydrogen (secondary N) is 3. The number of hydrogen-bond donors (Lipinski definition) is 3. The van der Waals surface area contributed by atoms with Crippen molar-refractivity contribution in [3.05, 3.63) is 48.5 Å². The molecule has 0 saturated carbocycles. The Labute approximate surface area is 193 Å². The number of benzene rings is 2. The Morgan fingerprint density at radius 3 is 2.36 bits per heavy atom. The molecule has 2 aromatic carbocycles. The van der Waals surface area contributed by atoms with Crippen LogP contribution >= 0.6 is 0 Å². The summed E-state index contributed by atoms with van der Waals surface area (Å²) in [4.78, 5) is 38.9. The molecular formula is C24H30N4O5. The number of carbonyl (C=O) groups excluding carboxylic acids is 3. The summed E-state index contributed by atoms with van der Waals surface area (Å²) in [5.41, 5.74) is 1.24. The van der Waals surface area contributed by atoms with E-state index in [2.05, 4.69) is 16.0 Å². The molecule has 0 aromatic heterocycles. The molecule has 1 saturated heterocycles. The second-order valence-corrected chi connectivity index (χ2v) is 7.61. The maximum absolute atomic E-state index is 12.5. The summed E-state index contributed by atoms with van der Waals surface area (Å²) in [6.07, 6.45) is 1.14. The number of urea groups is 1. The lowest BCUT2D eigenvalue weighted by atomic mass is 9.95. The predicted octanol–water partition coefficient (Wildman–Crippen LogP) is 3.09. The number of piperidine rings is 1. The molecule has 33 heavy (non-hydrogen) atoms. The molecular weight excluding hydrogens is 424 g/mol. The Morgan fingerprint density at radius 2 is 1.70 bits per heavy atom. The third kappa shape index (κ3) is 6.86. The molecule has 3 N–H and O–H groups in total. The van der Waals surface area contributed by atoms with Gasteiger partial charge in [0.2, 0.25) is 11.8 Å². The third-order valence-electron chi connectivity index (χ3n) is 5.41. The van der Waals surface area contributed by atoms with Crippen molar-refractivity contribution in [3.8, 4) is 11.5 Å². The fraction of sp³-hybridized carbons (Fsp3) is 0.375. The summed E-state index contributed by atoms with van der Waals surface area (Å²) in [7, 11) is 1.59. The van der Waals surface area contributed by atoms with E-state index in [-0.39, 0.29) is 24.3 Å². The first-order chi connectivity index (χ1) is 16.0. The molecule has 0 spiro atoms. The van der Waals surface area contributed by atoms with Crippen molar-refractivity contribution in [2.75, 3.05) is 44.0 Å². The van der Waals surface area contributed by atoms with Crippen molar-refractivity contribution < 1.29 is 23.9 Å². The van der Waals surface area contributed by atoms with Gasteiger partial charge in [-0.3, -0.25) is 9.59 Å². The van der Waals surface area contributed by atoms with Crippen molar-refractivity contribution in [2.24, 2.45) is 5.92 Å². The largest absolute Gasteiger partial charge is 0.497 e. The van der Waals surface area contributed by atoms with Gasteiger partial charge in [-0.1, -0.05) is 12.1 Å². The summed E-state index contributed by atoms with van der Waals surface area (Å²) in [6, 6.07) is 13.8. The van der Waals surface area contributed by atoms with Crippen molar-refractivity contribution in [2.45, 2.75) is 19.8 Å². The third-order valence-corrected chi connectivity index (χ3v) is 5.41. The van der Waals surface area contributed by atoms with E-state index in [4.69, 9.17) is 9.47 Å². The first-order valence-electron chi connectivity index (χ1n) is 11.0. The lowest BCUT2D eigenvalue weighted by Crippen LogP contribution is -2.46. The van der Waals surface area contributed by atoms with Crippen LogP contribution in [0.4, 0.5) is 16.2 Å². The van der Waals surface area contributed by atoms with Gasteiger partial charge in [-0.05, 0) is 56.2 Å². The Morgan fingerprint density at radius 1 is 1.00 bits per heavy atom. The number of ether oxygens (including phenoxy) is 2. The molecule has 1 heterocycles. The molecule has 2 aromatic rings. The average Bonchev–Trinajstić information content (AvgIpc) is 2.84. The van der Waals surface area contributed by atoms with Crippen molar-refractivity contribution >= 4 is 29.2 Å². The van der Waals surface area contributed by atoms with Crippen LogP contribution in [0.15, 0.2) is 48.5 Å². The predicted molar refractivity (Wildman–Crippen MR) is 126 cm³/mol. The van der Waals surface area contributed by atoms with Gasteiger partial charge in [0.1, 0.15) is 11.5 Å². The quantitative estimate of drug-likeness (QED) is 0.568. The Hall–Kier alpha value is -3.75. The summed E-state index contributed by atoms with van der Waals surface area (Å²) in [5, 5.41) is 8.20. The number of hydrogen-bond acceptors (Lipinski definition) is 5. The van der Waals surface area contributed by atoms with Gasteiger partial charge in [0, 0.05) is 24.7 Å². The van der Waals surface area contributed by atoms with E-state index in [1.54, 1.807) is 54.5 Å². The van der Waals surface area contributed by atoms with E-state index >= 15 is 0 Å². The summed E-state index contributed by atoms with van der Waals surface area (Å²) >= 11 is 0. The number of amides is 4. The van der Waals surface area contributed by atoms with E-state index in [0.29, 0.717) is 49.7 Å². The van der Waals surface area contributed by atoms with E-state index < -0.39 is 6.03 Å². The molecule has 0 unspecified atom stereocenters. The van der Waals surface area contributed by atoms with Crippen molar-refractivity contribution in [1.29, 1.82) is 0 Å². The fourth-order valence-electron chi connectivity index (χ4n) is 3.60. The van der Waals surface area contributed by atoms with Crippen LogP contribution in [0, 0.1) is 5.92 Å². The lowest BCUT2D eigenvalue weighted by molar-refractivity contribution is -0.133. The Kier molecular flexibility index (Phi) is 8.51. The monoisotopic (exact) mass is 454 g/mol. The van der Waals surface area contributed by atoms with Crippen LogP contribution in [-0.2, 0) is 9.59 Å². The zero-order valence-electron chi connectivity index (χ0n) is 18.9. The molecule has 0 aliphatic carbocycles. The van der Waals surface area contributed by atoms with E-state index in [1.807, 2.05) is 13.0 Å². The standard InChI is InChI=1S/C24H30N4O5/c1-3-33-21-7-5-4-6-20(21)27-24(31)25-16-22(29)28-14-12-17(13-15-28)23(30)26-18-8-10-19(32-2)11-9-18/h4-11,17H,3,12-16H2,1-2H3,(H,26,30)(H2,25,27,31). The fourth-order valence-corrected chi connectivity index (χ4v) is 3.60. The summed E-state index contributed by atoms with van der Waals surface area (Å²) in [5.74, 6) is 0.884. The highest BCUT2D eigenvalue weighted by atomic mass is 16.5. The topological polar surface area (TPSA) is 109 Å². The Bertz CT molecular complexity index is 956. The molecule has 4 amide bonds. The maximum Gasteiger partial charge on any atom is 0.319 e. The first kappa shape index (κ1) is 23.9. The highest BCUT2D eigenvalue weighted by molar-refractivity contribution is 5.94. The molecule has 0 bridgehead atoms. The highest BCUT2D eigenvalue weighted by Crippen LogP contribution is 2.24. The molecule has 3 rings (SSSR count). The van der Waals surface area contributed by atoms with Crippen LogP contribution in [0.5, 0.6) is 11.5 Å². The lowest BCUT2D eigenvalue weighted by Gasteiger charge is -2.31. The molecule has 0 radical (unpaired) electrons. The van der Waals surface area contributed by atoms with Gasteiger partial charge in [0.15, 0.2) is 0 Å². The van der Waals surface area contributed by atoms with Gasteiger partial charge in [0.25, 0.3) is 0 Å². The molecule has 176 valence electrons. The average molecular weight is 455 g/mol. The van der Waals surface area contributed by atoms with Gasteiger partial charge in [0.05, 0.1) is 25.9 Å². The van der Waals surface area contributed by atoms with Crippen molar-refractivity contribution in [1.82, 2.24) is 10.2 Å². The van der Waals surface area contributed by atoms with Gasteiger partial charge in [-0.25, -0.2) is 4.79 Å². The van der Waals surface area contributed by atoms with Crippen LogP contribution in [-0.4, -0.2) is 56.1 Å². The number of carbonyl (C=O) groups is 3. The number of anilines is 2. The molecule has 1 aliphatic heterocycles. The summed E-state index contributed by atoms with van der Waals surface area (Å²) < 4.78 is 10.6. The molecule has 9 heteroatoms. The number of likely N-dealkylation sites (tertiary alicyclic amines) is 1. The smallest absolute Gasteiger partial charge is 0.319 e. The number of nitrogens with zero attached hydrogens (tertiary/aromatic N) is 1. The minimum atomic E-state index is -0.482. The normalized spacial score (nSPS) is 13.7. The molecule has 0 atom stereocenters. The van der Waals surface area contributed by atoms with E-state index in [0.717, 1.165) is 5.75 Å². The van der Waals surface area contributed by atoms with Gasteiger partial charge < -0.3 is 30.3 Å². The molecule has 1 aliphatic rings. The number of methoxy groups -OCH3 is 1. The van der Waals surface area contributed by atoms with Gasteiger partial charge in [-0.15, -0.1) is 0 Å². The minimum absolute atomic E-state index is 0.0577. The van der Waals surface area contributed by atoms with Crippen LogP contribution in [0.1, 0.15) is 19.8 Å². The summed E-state index contributed by atoms with van der Waals surface area (Å²) in [6.45, 7) is 3.16. The van der Waals surface area contributed by atoms with Crippen LogP contribution in [0.25, 0.3) is 0 Å². The SMILES string of the molecule is CCOc1ccccc1NC(=O)NCC(=O)N1CCC(C(=O)Nc2ccc(OC)cc2)CC1. The van der Waals surface area contributed by atoms with Gasteiger partial charge in [-0.2, -0.15) is 0 Å². The second kappa shape index (κ2) is 11.8. The minimum Gasteiger partial charge on any atom is -0.497 e. The molecule has 9 nitrogen and oxygen atoms in total. The molecule has 1 fully saturated rings. The van der Waals surface area contributed by atoms with Crippen molar-refractivity contribution in [3.63, 3.8) is 0 Å². The maximum atomic E-state index is 12.5. The zero-order chi connectivity index (χ0) is 23.6. The zero-order valence-corrected chi connectivity index (χ0v) is 18.9. The first-order valence-corrected chi connectivity index (χ1v) is 11.0. The van der Waals surface area contributed by atoms with Crippen LogP contribution in [0.2, 0.25) is 0 Å². The van der Waals surface area contributed by atoms with E-state index in [9.17, 15) is 14.4 Å². The van der Waals surface area contributed by atoms with Crippen LogP contribution < -0.4 is 25.4 Å². The number of rotatable bonds is 8. The van der Waals surface area contributed by atoms with Gasteiger partial charge >= 0.3 is 6.03 Å². The second-order valence-electron chi connectivity index (χ2n) is 7.61.